The minimum Gasteiger partial charge on any atom is -0.390 e. The normalized spacial score (nSPS) is 10.1. The second-order valence-corrected chi connectivity index (χ2v) is 3.01. The highest BCUT2D eigenvalue weighted by molar-refractivity contribution is 9.09. The molecule has 0 fully saturated rings. The summed E-state index contributed by atoms with van der Waals surface area (Å²) < 4.78 is 1.53. The van der Waals surface area contributed by atoms with Crippen molar-refractivity contribution in [3.63, 3.8) is 0 Å². The Morgan fingerprint density at radius 3 is 3.08 bits per heavy atom. The van der Waals surface area contributed by atoms with Crippen LogP contribution in [0.1, 0.15) is 6.42 Å². The van der Waals surface area contributed by atoms with Crippen LogP contribution in [0, 0.1) is 10.1 Å². The molecule has 1 aromatic rings. The van der Waals surface area contributed by atoms with Crippen LogP contribution in [0.15, 0.2) is 12.4 Å². The maximum absolute atomic E-state index is 10.4. The molecule has 0 aromatic carbocycles. The molecule has 5 nitrogen and oxygen atoms in total. The lowest BCUT2D eigenvalue weighted by atomic mass is 10.5. The van der Waals surface area contributed by atoms with Crippen LogP contribution >= 0.6 is 15.9 Å². The molecule has 0 spiro atoms. The molecule has 66 valence electrons. The van der Waals surface area contributed by atoms with E-state index in [0.717, 1.165) is 11.8 Å². The van der Waals surface area contributed by atoms with E-state index in [9.17, 15) is 10.1 Å². The summed E-state index contributed by atoms with van der Waals surface area (Å²) in [6.45, 7) is 0.627. The Kier molecular flexibility index (Phi) is 3.21. The summed E-state index contributed by atoms with van der Waals surface area (Å²) in [6.07, 6.45) is 3.91. The summed E-state index contributed by atoms with van der Waals surface area (Å²) in [6, 6.07) is 0. The molecule has 6 heteroatoms. The van der Waals surface area contributed by atoms with E-state index >= 15 is 0 Å². The lowest BCUT2D eigenvalue weighted by molar-refractivity contribution is -0.396. The van der Waals surface area contributed by atoms with Gasteiger partial charge in [0.2, 0.25) is 0 Å². The lowest BCUT2D eigenvalue weighted by Gasteiger charge is -1.98. The van der Waals surface area contributed by atoms with Crippen molar-refractivity contribution in [2.45, 2.75) is 13.0 Å². The summed E-state index contributed by atoms with van der Waals surface area (Å²) in [5.74, 6) is -0.0871. The van der Waals surface area contributed by atoms with Gasteiger partial charge in [0.05, 0.1) is 6.54 Å². The minimum absolute atomic E-state index is 0.0871. The summed E-state index contributed by atoms with van der Waals surface area (Å²) >= 11 is 3.25. The highest BCUT2D eigenvalue weighted by Gasteiger charge is 2.12. The van der Waals surface area contributed by atoms with Gasteiger partial charge in [-0.1, -0.05) is 20.9 Å². The molecule has 0 aliphatic carbocycles. The predicted octanol–water partition coefficient (Wildman–Crippen LogP) is 1.58. The first kappa shape index (κ1) is 9.18. The molecule has 0 aliphatic rings. The Labute approximate surface area is 77.7 Å². The number of nitrogens with zero attached hydrogens (tertiary/aromatic N) is 3. The highest BCUT2D eigenvalue weighted by Crippen LogP contribution is 2.08. The largest absolute Gasteiger partial charge is 0.434 e. The molecule has 1 rings (SSSR count). The smallest absolute Gasteiger partial charge is 0.390 e. The van der Waals surface area contributed by atoms with Gasteiger partial charge in [-0.2, -0.15) is 0 Å². The van der Waals surface area contributed by atoms with Crippen LogP contribution in [0.4, 0.5) is 5.95 Å². The van der Waals surface area contributed by atoms with Crippen LogP contribution in [0.25, 0.3) is 0 Å². The van der Waals surface area contributed by atoms with E-state index in [1.807, 2.05) is 0 Å². The molecule has 0 unspecified atom stereocenters. The van der Waals surface area contributed by atoms with Crippen LogP contribution in [0.3, 0.4) is 0 Å². The fraction of sp³-hybridized carbons (Fsp3) is 0.500. The summed E-state index contributed by atoms with van der Waals surface area (Å²) in [4.78, 5) is 13.5. The molecule has 0 bridgehead atoms. The van der Waals surface area contributed by atoms with Crippen molar-refractivity contribution in [3.05, 3.63) is 22.5 Å². The quantitative estimate of drug-likeness (QED) is 0.451. The minimum atomic E-state index is -0.478. The zero-order valence-corrected chi connectivity index (χ0v) is 7.90. The fourth-order valence-corrected chi connectivity index (χ4v) is 1.13. The number of rotatable bonds is 4. The number of hydrogen-bond donors (Lipinski definition) is 0. The number of halogens is 1. The Morgan fingerprint density at radius 1 is 1.75 bits per heavy atom. The van der Waals surface area contributed by atoms with E-state index in [0.29, 0.717) is 6.54 Å². The van der Waals surface area contributed by atoms with Crippen LogP contribution in [0.2, 0.25) is 0 Å². The first-order valence-electron chi connectivity index (χ1n) is 3.47. The van der Waals surface area contributed by atoms with Gasteiger partial charge in [0, 0.05) is 5.33 Å². The lowest BCUT2D eigenvalue weighted by Crippen LogP contribution is -2.03. The van der Waals surface area contributed by atoms with E-state index in [4.69, 9.17) is 0 Å². The van der Waals surface area contributed by atoms with Gasteiger partial charge in [-0.05, 0) is 11.3 Å². The van der Waals surface area contributed by atoms with Gasteiger partial charge >= 0.3 is 5.95 Å². The number of aryl methyl sites for hydroxylation is 1. The number of aromatic nitrogens is 2. The second kappa shape index (κ2) is 4.20. The van der Waals surface area contributed by atoms with Crippen LogP contribution in [-0.2, 0) is 6.54 Å². The second-order valence-electron chi connectivity index (χ2n) is 2.22. The average Bonchev–Trinajstić information content (AvgIpc) is 2.48. The molecule has 1 aromatic heterocycles. The maximum Gasteiger partial charge on any atom is 0.434 e. The van der Waals surface area contributed by atoms with Crippen molar-refractivity contribution < 1.29 is 4.92 Å². The van der Waals surface area contributed by atoms with Gasteiger partial charge in [0.1, 0.15) is 12.4 Å². The van der Waals surface area contributed by atoms with Gasteiger partial charge in [0.15, 0.2) is 0 Å². The summed E-state index contributed by atoms with van der Waals surface area (Å²) in [5.41, 5.74) is 0. The Morgan fingerprint density at radius 2 is 2.50 bits per heavy atom. The zero-order valence-electron chi connectivity index (χ0n) is 6.31. The average molecular weight is 234 g/mol. The molecule has 0 N–H and O–H groups in total. The van der Waals surface area contributed by atoms with Gasteiger partial charge in [-0.15, -0.1) is 0 Å². The number of hydrogen-bond acceptors (Lipinski definition) is 3. The van der Waals surface area contributed by atoms with Crippen molar-refractivity contribution in [3.8, 4) is 0 Å². The van der Waals surface area contributed by atoms with Crippen molar-refractivity contribution in [1.29, 1.82) is 0 Å². The van der Waals surface area contributed by atoms with E-state index in [-0.39, 0.29) is 5.95 Å². The maximum atomic E-state index is 10.4. The molecular weight excluding hydrogens is 226 g/mol. The molecule has 1 heterocycles. The highest BCUT2D eigenvalue weighted by atomic mass is 79.9. The van der Waals surface area contributed by atoms with E-state index < -0.39 is 4.92 Å². The van der Waals surface area contributed by atoms with Gasteiger partial charge < -0.3 is 10.1 Å². The van der Waals surface area contributed by atoms with Gasteiger partial charge in [-0.3, -0.25) is 0 Å². The fourth-order valence-electron chi connectivity index (χ4n) is 0.878. The third-order valence-electron chi connectivity index (χ3n) is 1.39. The van der Waals surface area contributed by atoms with Gasteiger partial charge in [-0.25, -0.2) is 4.57 Å². The molecule has 0 amide bonds. The standard InChI is InChI=1S/C6H8BrN3O2/c7-2-1-4-9-5-3-8-6(9)10(11)12/h3,5H,1-2,4H2. The number of nitro groups is 1. The summed E-state index contributed by atoms with van der Waals surface area (Å²) in [5, 5.41) is 11.2. The van der Waals surface area contributed by atoms with Crippen LogP contribution in [-0.4, -0.2) is 19.8 Å². The van der Waals surface area contributed by atoms with E-state index in [1.165, 1.54) is 10.8 Å². The van der Waals surface area contributed by atoms with E-state index in [1.54, 1.807) is 6.20 Å². The van der Waals surface area contributed by atoms with E-state index in [2.05, 4.69) is 20.9 Å². The molecule has 0 atom stereocenters. The number of imidazole rings is 1. The zero-order chi connectivity index (χ0) is 8.97. The molecule has 0 aliphatic heterocycles. The topological polar surface area (TPSA) is 61.0 Å². The molecule has 0 saturated heterocycles. The molecular formula is C6H8BrN3O2. The molecule has 12 heavy (non-hydrogen) atoms. The van der Waals surface area contributed by atoms with Crippen LogP contribution < -0.4 is 0 Å². The summed E-state index contributed by atoms with van der Waals surface area (Å²) in [7, 11) is 0. The predicted molar refractivity (Wildman–Crippen MR) is 47.3 cm³/mol. The van der Waals surface area contributed by atoms with Crippen molar-refractivity contribution in [1.82, 2.24) is 9.55 Å². The van der Waals surface area contributed by atoms with Crippen molar-refractivity contribution >= 4 is 21.9 Å². The molecule has 0 saturated carbocycles. The first-order valence-corrected chi connectivity index (χ1v) is 4.59. The molecule has 0 radical (unpaired) electrons. The first-order chi connectivity index (χ1) is 5.75. The van der Waals surface area contributed by atoms with Crippen molar-refractivity contribution in [2.24, 2.45) is 0 Å². The monoisotopic (exact) mass is 233 g/mol. The Balaban J connectivity index is 2.70. The van der Waals surface area contributed by atoms with Crippen molar-refractivity contribution in [2.75, 3.05) is 5.33 Å². The Bertz CT molecular complexity index is 274. The third kappa shape index (κ3) is 2.04. The Hall–Kier alpha value is -0.910. The SMILES string of the molecule is O=[N+]([O-])c1nccn1CCCBr. The number of alkyl halides is 1. The third-order valence-corrected chi connectivity index (χ3v) is 1.95. The van der Waals surface area contributed by atoms with Crippen LogP contribution in [0.5, 0.6) is 0 Å². The van der Waals surface area contributed by atoms with Gasteiger partial charge in [0.25, 0.3) is 0 Å².